The maximum absolute atomic E-state index is 12.6. The highest BCUT2D eigenvalue weighted by Gasteiger charge is 2.22. The van der Waals surface area contributed by atoms with Gasteiger partial charge >= 0.3 is 0 Å². The highest BCUT2D eigenvalue weighted by molar-refractivity contribution is 6.02. The van der Waals surface area contributed by atoms with Crippen LogP contribution in [-0.4, -0.2) is 54.3 Å². The minimum atomic E-state index is -0.352. The van der Waals surface area contributed by atoms with Crippen LogP contribution < -0.4 is 15.8 Å². The summed E-state index contributed by atoms with van der Waals surface area (Å²) in [5.41, 5.74) is 7.39. The molecule has 2 heterocycles. The molecule has 1 aromatic carbocycles. The predicted octanol–water partition coefficient (Wildman–Crippen LogP) is 1.38. The number of nitrogens with one attached hydrogen (secondary N) is 1. The van der Waals surface area contributed by atoms with Crippen LogP contribution in [0.4, 0.5) is 5.69 Å². The lowest BCUT2D eigenvalue weighted by molar-refractivity contribution is 0.102. The van der Waals surface area contributed by atoms with Crippen LogP contribution in [0, 0.1) is 0 Å². The number of amides is 1. The van der Waals surface area contributed by atoms with Gasteiger partial charge in [-0.05, 0) is 42.2 Å². The van der Waals surface area contributed by atoms with Crippen LogP contribution in [0.25, 0.3) is 5.69 Å². The lowest BCUT2D eigenvalue weighted by Crippen LogP contribution is -2.28. The van der Waals surface area contributed by atoms with Gasteiger partial charge in [0.25, 0.3) is 5.91 Å². The molecule has 3 aromatic rings. The topological polar surface area (TPSA) is 139 Å². The fourth-order valence-electron chi connectivity index (χ4n) is 3.31. The van der Waals surface area contributed by atoms with Gasteiger partial charge in [0.1, 0.15) is 12.1 Å². The molecule has 0 radical (unpaired) electrons. The molecule has 0 unspecified atom stereocenters. The maximum atomic E-state index is 12.6. The maximum Gasteiger partial charge on any atom is 0.277 e. The first-order chi connectivity index (χ1) is 13.6. The van der Waals surface area contributed by atoms with Gasteiger partial charge in [-0.25, -0.2) is 9.36 Å². The SMILES string of the molecule is COc1cc(NC(=O)c2cn(C3CCC(N)CC3)nn2)cc(-n2cnnn2)c1.Cl. The third kappa shape index (κ3) is 4.69. The van der Waals surface area contributed by atoms with Crippen molar-refractivity contribution in [1.29, 1.82) is 0 Å². The summed E-state index contributed by atoms with van der Waals surface area (Å²) in [7, 11) is 1.55. The Hall–Kier alpha value is -3.05. The molecule has 1 aliphatic carbocycles. The highest BCUT2D eigenvalue weighted by atomic mass is 35.5. The Labute approximate surface area is 173 Å². The molecular weight excluding hydrogens is 398 g/mol. The lowest BCUT2D eigenvalue weighted by Gasteiger charge is -2.25. The summed E-state index contributed by atoms with van der Waals surface area (Å²) in [5.74, 6) is 0.208. The van der Waals surface area contributed by atoms with Crippen LogP contribution in [0.2, 0.25) is 0 Å². The molecule has 4 rings (SSSR count). The summed E-state index contributed by atoms with van der Waals surface area (Å²) in [5, 5.41) is 22.1. The van der Waals surface area contributed by atoms with E-state index in [1.807, 2.05) is 0 Å². The van der Waals surface area contributed by atoms with Crippen LogP contribution in [0.15, 0.2) is 30.7 Å². The fraction of sp³-hybridized carbons (Fsp3) is 0.412. The predicted molar refractivity (Wildman–Crippen MR) is 106 cm³/mol. The summed E-state index contributed by atoms with van der Waals surface area (Å²) >= 11 is 0. The third-order valence-corrected chi connectivity index (χ3v) is 4.86. The molecule has 0 aliphatic heterocycles. The van der Waals surface area contributed by atoms with Crippen molar-refractivity contribution < 1.29 is 9.53 Å². The van der Waals surface area contributed by atoms with Crippen LogP contribution in [-0.2, 0) is 0 Å². The summed E-state index contributed by atoms with van der Waals surface area (Å²) < 4.78 is 8.53. The van der Waals surface area contributed by atoms with Crippen molar-refractivity contribution in [2.45, 2.75) is 37.8 Å². The Morgan fingerprint density at radius 3 is 2.69 bits per heavy atom. The Morgan fingerprint density at radius 1 is 1.21 bits per heavy atom. The zero-order valence-electron chi connectivity index (χ0n) is 15.8. The fourth-order valence-corrected chi connectivity index (χ4v) is 3.31. The third-order valence-electron chi connectivity index (χ3n) is 4.86. The largest absolute Gasteiger partial charge is 0.497 e. The second-order valence-corrected chi connectivity index (χ2v) is 6.78. The standard InChI is InChI=1S/C17H21N9O2.ClH/c1-28-15-7-12(6-14(8-15)26-10-19-22-24-26)20-17(27)16-9-25(23-21-16)13-4-2-11(18)3-5-13;/h6-11,13H,2-5,18H2,1H3,(H,20,27);1H. The molecule has 0 spiro atoms. The number of carbonyl (C=O) groups is 1. The van der Waals surface area contributed by atoms with Gasteiger partial charge < -0.3 is 15.8 Å². The summed E-state index contributed by atoms with van der Waals surface area (Å²) in [6, 6.07) is 5.69. The number of methoxy groups -OCH3 is 1. The van der Waals surface area contributed by atoms with Crippen LogP contribution in [0.1, 0.15) is 42.2 Å². The number of halogens is 1. The number of aromatic nitrogens is 7. The van der Waals surface area contributed by atoms with E-state index in [0.29, 0.717) is 17.1 Å². The zero-order chi connectivity index (χ0) is 19.5. The molecule has 1 aliphatic rings. The first-order valence-electron chi connectivity index (χ1n) is 9.03. The number of nitrogens with zero attached hydrogens (tertiary/aromatic N) is 7. The molecule has 0 atom stereocenters. The number of rotatable bonds is 5. The van der Waals surface area contributed by atoms with Gasteiger partial charge in [0.2, 0.25) is 0 Å². The first kappa shape index (κ1) is 20.7. The molecule has 1 amide bonds. The Bertz CT molecular complexity index is 952. The number of hydrogen-bond donors (Lipinski definition) is 2. The average molecular weight is 420 g/mol. The molecule has 11 nitrogen and oxygen atoms in total. The number of ether oxygens (including phenoxy) is 1. The van der Waals surface area contributed by atoms with E-state index in [0.717, 1.165) is 25.7 Å². The van der Waals surface area contributed by atoms with Gasteiger partial charge in [-0.15, -0.1) is 22.6 Å². The molecule has 2 aromatic heterocycles. The lowest BCUT2D eigenvalue weighted by atomic mass is 9.92. The number of anilines is 1. The molecule has 0 bridgehead atoms. The second-order valence-electron chi connectivity index (χ2n) is 6.78. The minimum Gasteiger partial charge on any atom is -0.497 e. The van der Waals surface area contributed by atoms with E-state index < -0.39 is 0 Å². The van der Waals surface area contributed by atoms with Crippen molar-refractivity contribution in [3.8, 4) is 11.4 Å². The highest BCUT2D eigenvalue weighted by Crippen LogP contribution is 2.27. The van der Waals surface area contributed by atoms with Gasteiger partial charge in [0.15, 0.2) is 5.69 Å². The summed E-state index contributed by atoms with van der Waals surface area (Å²) in [6.07, 6.45) is 6.93. The Morgan fingerprint density at radius 2 is 2.00 bits per heavy atom. The van der Waals surface area contributed by atoms with Crippen molar-refractivity contribution in [1.82, 2.24) is 35.2 Å². The molecule has 3 N–H and O–H groups in total. The summed E-state index contributed by atoms with van der Waals surface area (Å²) in [6.45, 7) is 0. The Kier molecular flexibility index (Phi) is 6.39. The number of nitrogens with two attached hydrogens (primary N) is 1. The van der Waals surface area contributed by atoms with E-state index in [1.165, 1.54) is 11.0 Å². The molecule has 12 heteroatoms. The Balaban J connectivity index is 0.00000240. The molecular formula is C17H22ClN9O2. The van der Waals surface area contributed by atoms with Gasteiger partial charge in [-0.3, -0.25) is 4.79 Å². The molecule has 1 saturated carbocycles. The summed E-state index contributed by atoms with van der Waals surface area (Å²) in [4.78, 5) is 12.6. The average Bonchev–Trinajstić information content (AvgIpc) is 3.40. The molecule has 29 heavy (non-hydrogen) atoms. The van der Waals surface area contributed by atoms with E-state index in [1.54, 1.807) is 36.2 Å². The van der Waals surface area contributed by atoms with Crippen molar-refractivity contribution in [2.75, 3.05) is 12.4 Å². The number of benzene rings is 1. The van der Waals surface area contributed by atoms with Crippen molar-refractivity contribution in [3.63, 3.8) is 0 Å². The quantitative estimate of drug-likeness (QED) is 0.632. The van der Waals surface area contributed by atoms with E-state index in [-0.39, 0.29) is 36.1 Å². The van der Waals surface area contributed by atoms with Crippen molar-refractivity contribution >= 4 is 24.0 Å². The zero-order valence-corrected chi connectivity index (χ0v) is 16.6. The van der Waals surface area contributed by atoms with Crippen LogP contribution in [0.3, 0.4) is 0 Å². The van der Waals surface area contributed by atoms with Gasteiger partial charge in [0, 0.05) is 23.9 Å². The van der Waals surface area contributed by atoms with Gasteiger partial charge in [0.05, 0.1) is 25.0 Å². The van der Waals surface area contributed by atoms with Crippen LogP contribution in [0.5, 0.6) is 5.75 Å². The minimum absolute atomic E-state index is 0. The first-order valence-corrected chi connectivity index (χ1v) is 9.03. The van der Waals surface area contributed by atoms with Crippen LogP contribution >= 0.6 is 12.4 Å². The normalized spacial score (nSPS) is 18.7. The smallest absolute Gasteiger partial charge is 0.277 e. The van der Waals surface area contributed by atoms with E-state index in [2.05, 4.69) is 31.2 Å². The van der Waals surface area contributed by atoms with E-state index in [4.69, 9.17) is 10.5 Å². The molecule has 0 saturated heterocycles. The molecule has 1 fully saturated rings. The number of tetrazole rings is 1. The van der Waals surface area contributed by atoms with Crippen molar-refractivity contribution in [2.24, 2.45) is 5.73 Å². The monoisotopic (exact) mass is 419 g/mol. The second kappa shape index (κ2) is 8.97. The number of hydrogen-bond acceptors (Lipinski definition) is 8. The molecule has 154 valence electrons. The van der Waals surface area contributed by atoms with Gasteiger partial charge in [-0.1, -0.05) is 5.21 Å². The van der Waals surface area contributed by atoms with E-state index >= 15 is 0 Å². The van der Waals surface area contributed by atoms with Crippen molar-refractivity contribution in [3.05, 3.63) is 36.4 Å². The number of carbonyl (C=O) groups excluding carboxylic acids is 1. The van der Waals surface area contributed by atoms with Gasteiger partial charge in [-0.2, -0.15) is 0 Å². The van der Waals surface area contributed by atoms with E-state index in [9.17, 15) is 4.79 Å².